The van der Waals surface area contributed by atoms with Gasteiger partial charge in [0, 0.05) is 13.8 Å². The summed E-state index contributed by atoms with van der Waals surface area (Å²) in [5.41, 5.74) is 0. The van der Waals surface area contributed by atoms with Crippen LogP contribution >= 0.6 is 0 Å². The Labute approximate surface area is 68.5 Å². The molecule has 0 saturated carbocycles. The van der Waals surface area contributed by atoms with E-state index in [9.17, 15) is 0 Å². The number of hydrogen-bond acceptors (Lipinski definition) is 2. The number of rotatable bonds is 4. The molecule has 0 saturated heterocycles. The summed E-state index contributed by atoms with van der Waals surface area (Å²) in [4.78, 5) is 0. The second kappa shape index (κ2) is 4.83. The van der Waals surface area contributed by atoms with E-state index >= 15 is 0 Å². The molecule has 2 heteroatoms. The molecule has 0 N–H and O–H groups in total. The van der Waals surface area contributed by atoms with Crippen molar-refractivity contribution >= 4 is 0 Å². The Bertz CT molecular complexity index is 130. The highest BCUT2D eigenvalue weighted by Gasteiger charge is 2.16. The second-order valence-corrected chi connectivity index (χ2v) is 2.57. The van der Waals surface area contributed by atoms with Crippen LogP contribution in [0, 0.1) is 0 Å². The molecule has 0 aromatic rings. The van der Waals surface area contributed by atoms with E-state index in [1.165, 1.54) is 0 Å². The smallest absolute Gasteiger partial charge is 0.243 e. The van der Waals surface area contributed by atoms with E-state index in [1.54, 1.807) is 12.5 Å². The van der Waals surface area contributed by atoms with Gasteiger partial charge in [-0.3, -0.25) is 0 Å². The lowest BCUT2D eigenvalue weighted by Gasteiger charge is -2.22. The van der Waals surface area contributed by atoms with Gasteiger partial charge in [-0.15, -0.1) is 0 Å². The van der Waals surface area contributed by atoms with Gasteiger partial charge in [-0.2, -0.15) is 0 Å². The third kappa shape index (κ3) is 5.52. The Morgan fingerprint density at radius 2 is 1.27 bits per heavy atom. The molecule has 0 rings (SSSR count). The minimum absolute atomic E-state index is 0.570. The molecule has 0 aromatic heterocycles. The lowest BCUT2D eigenvalue weighted by molar-refractivity contribution is -0.143. The van der Waals surface area contributed by atoms with E-state index in [1.807, 2.05) is 39.8 Å². The molecule has 0 spiro atoms. The zero-order valence-electron chi connectivity index (χ0n) is 7.63. The van der Waals surface area contributed by atoms with Crippen molar-refractivity contribution < 1.29 is 9.47 Å². The van der Waals surface area contributed by atoms with E-state index in [-0.39, 0.29) is 0 Å². The maximum Gasteiger partial charge on any atom is 0.243 e. The van der Waals surface area contributed by atoms with Gasteiger partial charge in [0.15, 0.2) is 0 Å². The van der Waals surface area contributed by atoms with Gasteiger partial charge in [0.2, 0.25) is 5.79 Å². The molecule has 0 unspecified atom stereocenters. The van der Waals surface area contributed by atoms with Crippen LogP contribution in [0.15, 0.2) is 24.7 Å². The van der Waals surface area contributed by atoms with Gasteiger partial charge < -0.3 is 9.47 Å². The summed E-state index contributed by atoms with van der Waals surface area (Å²) in [6, 6.07) is 0. The monoisotopic (exact) mass is 156 g/mol. The first-order valence-electron chi connectivity index (χ1n) is 3.70. The zero-order valence-corrected chi connectivity index (χ0v) is 7.63. The Hall–Kier alpha value is -0.920. The highest BCUT2D eigenvalue weighted by molar-refractivity contribution is 4.73. The Balaban J connectivity index is 3.78. The van der Waals surface area contributed by atoms with Crippen LogP contribution in [-0.2, 0) is 9.47 Å². The molecule has 2 nitrogen and oxygen atoms in total. The Morgan fingerprint density at radius 3 is 1.55 bits per heavy atom. The third-order valence-corrected chi connectivity index (χ3v) is 0.976. The van der Waals surface area contributed by atoms with Crippen LogP contribution in [0.2, 0.25) is 0 Å². The summed E-state index contributed by atoms with van der Waals surface area (Å²) in [7, 11) is 0. The van der Waals surface area contributed by atoms with Crippen molar-refractivity contribution in [3.8, 4) is 0 Å². The summed E-state index contributed by atoms with van der Waals surface area (Å²) in [5.74, 6) is -0.570. The van der Waals surface area contributed by atoms with Gasteiger partial charge in [0.25, 0.3) is 0 Å². The predicted octanol–water partition coefficient (Wildman–Crippen LogP) is 2.82. The molecule has 0 amide bonds. The highest BCUT2D eigenvalue weighted by atomic mass is 16.7. The van der Waals surface area contributed by atoms with E-state index in [0.29, 0.717) is 0 Å². The Morgan fingerprint density at radius 1 is 0.909 bits per heavy atom. The topological polar surface area (TPSA) is 18.5 Å². The van der Waals surface area contributed by atoms with Crippen LogP contribution in [-0.4, -0.2) is 5.79 Å². The maximum absolute atomic E-state index is 5.23. The van der Waals surface area contributed by atoms with Crippen molar-refractivity contribution in [3.05, 3.63) is 24.7 Å². The molecular weight excluding hydrogens is 140 g/mol. The summed E-state index contributed by atoms with van der Waals surface area (Å²) in [5, 5.41) is 0. The molecule has 0 aliphatic carbocycles. The molecule has 0 aliphatic heterocycles. The van der Waals surface area contributed by atoms with Gasteiger partial charge in [0.1, 0.15) is 0 Å². The van der Waals surface area contributed by atoms with Crippen molar-refractivity contribution in [2.24, 2.45) is 0 Å². The van der Waals surface area contributed by atoms with Gasteiger partial charge in [-0.25, -0.2) is 0 Å². The molecule has 0 atom stereocenters. The van der Waals surface area contributed by atoms with E-state index in [0.717, 1.165) is 0 Å². The first-order valence-corrected chi connectivity index (χ1v) is 3.70. The maximum atomic E-state index is 5.23. The third-order valence-electron chi connectivity index (χ3n) is 0.976. The molecule has 11 heavy (non-hydrogen) atoms. The largest absolute Gasteiger partial charge is 0.461 e. The number of hydrogen-bond donors (Lipinski definition) is 0. The summed E-state index contributed by atoms with van der Waals surface area (Å²) >= 11 is 0. The van der Waals surface area contributed by atoms with E-state index in [4.69, 9.17) is 9.47 Å². The highest BCUT2D eigenvalue weighted by Crippen LogP contribution is 2.11. The van der Waals surface area contributed by atoms with Crippen molar-refractivity contribution in [1.82, 2.24) is 0 Å². The quantitative estimate of drug-likeness (QED) is 0.460. The Kier molecular flexibility index (Phi) is 4.42. The molecule has 0 aliphatic rings. The van der Waals surface area contributed by atoms with Gasteiger partial charge >= 0.3 is 0 Å². The van der Waals surface area contributed by atoms with Crippen LogP contribution in [0.1, 0.15) is 27.7 Å². The second-order valence-electron chi connectivity index (χ2n) is 2.57. The molecule has 0 aromatic carbocycles. The number of allylic oxidation sites excluding steroid dienone is 2. The fourth-order valence-electron chi connectivity index (χ4n) is 0.492. The molecule has 0 bridgehead atoms. The minimum atomic E-state index is -0.570. The van der Waals surface area contributed by atoms with Gasteiger partial charge in [0.05, 0.1) is 12.5 Å². The predicted molar refractivity (Wildman–Crippen MR) is 45.9 cm³/mol. The minimum Gasteiger partial charge on any atom is -0.461 e. The summed E-state index contributed by atoms with van der Waals surface area (Å²) < 4.78 is 10.5. The van der Waals surface area contributed by atoms with Gasteiger partial charge in [-0.1, -0.05) is 12.2 Å². The zero-order chi connectivity index (χ0) is 8.74. The fourth-order valence-corrected chi connectivity index (χ4v) is 0.492. The molecule has 64 valence electrons. The normalized spacial score (nSPS) is 12.7. The summed E-state index contributed by atoms with van der Waals surface area (Å²) in [6.07, 6.45) is 6.87. The molecule has 0 radical (unpaired) electrons. The van der Waals surface area contributed by atoms with E-state index < -0.39 is 5.79 Å². The van der Waals surface area contributed by atoms with Crippen LogP contribution < -0.4 is 0 Å². The molecule has 0 heterocycles. The van der Waals surface area contributed by atoms with Crippen molar-refractivity contribution in [1.29, 1.82) is 0 Å². The molecule has 0 fully saturated rings. The standard InChI is InChI=1S/C9H16O2/c1-5-7-10-9(3,4)11-8-6-2/h5-8H,1-4H3/b7-5-,8-6-. The average Bonchev–Trinajstić information content (AvgIpc) is 1.97. The van der Waals surface area contributed by atoms with Gasteiger partial charge in [-0.05, 0) is 13.8 Å². The summed E-state index contributed by atoms with van der Waals surface area (Å²) in [6.45, 7) is 7.50. The van der Waals surface area contributed by atoms with Crippen LogP contribution in [0.4, 0.5) is 0 Å². The molecular formula is C9H16O2. The SMILES string of the molecule is C/C=C\OC(C)(C)O/C=C\C. The lowest BCUT2D eigenvalue weighted by Crippen LogP contribution is -2.23. The number of ether oxygens (including phenoxy) is 2. The van der Waals surface area contributed by atoms with Crippen molar-refractivity contribution in [3.63, 3.8) is 0 Å². The lowest BCUT2D eigenvalue weighted by atomic mass is 10.4. The van der Waals surface area contributed by atoms with E-state index in [2.05, 4.69) is 0 Å². The van der Waals surface area contributed by atoms with Crippen molar-refractivity contribution in [2.75, 3.05) is 0 Å². The average molecular weight is 156 g/mol. The first-order chi connectivity index (χ1) is 5.12. The fraction of sp³-hybridized carbons (Fsp3) is 0.556. The van der Waals surface area contributed by atoms with Crippen LogP contribution in [0.25, 0.3) is 0 Å². The van der Waals surface area contributed by atoms with Crippen LogP contribution in [0.3, 0.4) is 0 Å². The van der Waals surface area contributed by atoms with Crippen molar-refractivity contribution in [2.45, 2.75) is 33.5 Å². The van der Waals surface area contributed by atoms with Crippen LogP contribution in [0.5, 0.6) is 0 Å². The first kappa shape index (κ1) is 10.1.